The number of ether oxygens (including phenoxy) is 1. The average Bonchev–Trinajstić information content (AvgIpc) is 2.70. The summed E-state index contributed by atoms with van der Waals surface area (Å²) in [4.78, 5) is 7.42. The lowest BCUT2D eigenvalue weighted by atomic mass is 10.1. The minimum absolute atomic E-state index is 0.431. The number of nitrogens with two attached hydrogens (primary N) is 1. The molecule has 2 aromatic rings. The van der Waals surface area contributed by atoms with Crippen molar-refractivity contribution in [2.24, 2.45) is 5.73 Å². The molecular weight excluding hydrogens is 270 g/mol. The normalized spacial score (nSPS) is 10.4. The number of benzene rings is 1. The highest BCUT2D eigenvalue weighted by atomic mass is 79.9. The number of nitrogens with zero attached hydrogens (tertiary/aromatic N) is 1. The molecule has 0 unspecified atom stereocenters. The van der Waals surface area contributed by atoms with Crippen LogP contribution in [0.4, 0.5) is 0 Å². The smallest absolute Gasteiger partial charge is 0.175 e. The summed E-state index contributed by atoms with van der Waals surface area (Å²) in [7, 11) is 1.64. The monoisotopic (exact) mass is 281 g/mol. The van der Waals surface area contributed by atoms with Crippen LogP contribution in [0.5, 0.6) is 5.75 Å². The standard InChI is InChI=1S/C11H12BrN3O/c1-16-8-4-2-7(3-5-8)10-9(6-13)14-11(12)15-10/h2-5H,6,13H2,1H3,(H,14,15). The second kappa shape index (κ2) is 4.67. The van der Waals surface area contributed by atoms with Gasteiger partial charge in [0.1, 0.15) is 5.75 Å². The highest BCUT2D eigenvalue weighted by molar-refractivity contribution is 9.10. The van der Waals surface area contributed by atoms with Gasteiger partial charge in [-0.25, -0.2) is 4.98 Å². The molecule has 0 atom stereocenters. The number of imidazole rings is 1. The molecule has 0 amide bonds. The van der Waals surface area contributed by atoms with Crippen LogP contribution in [-0.2, 0) is 6.54 Å². The van der Waals surface area contributed by atoms with Crippen LogP contribution in [0, 0.1) is 0 Å². The van der Waals surface area contributed by atoms with Gasteiger partial charge < -0.3 is 15.5 Å². The lowest BCUT2D eigenvalue weighted by Crippen LogP contribution is -1.98. The Balaban J connectivity index is 2.41. The van der Waals surface area contributed by atoms with E-state index in [4.69, 9.17) is 10.5 Å². The number of hydrogen-bond donors (Lipinski definition) is 2. The quantitative estimate of drug-likeness (QED) is 0.908. The average molecular weight is 282 g/mol. The lowest BCUT2D eigenvalue weighted by Gasteiger charge is -2.02. The number of rotatable bonds is 3. The van der Waals surface area contributed by atoms with Gasteiger partial charge in [-0.05, 0) is 40.2 Å². The van der Waals surface area contributed by atoms with E-state index in [0.29, 0.717) is 11.3 Å². The van der Waals surface area contributed by atoms with E-state index in [1.165, 1.54) is 0 Å². The van der Waals surface area contributed by atoms with Gasteiger partial charge in [-0.15, -0.1) is 0 Å². The zero-order chi connectivity index (χ0) is 11.5. The van der Waals surface area contributed by atoms with Gasteiger partial charge in [0.25, 0.3) is 0 Å². The fourth-order valence-electron chi connectivity index (χ4n) is 1.51. The molecular formula is C11H12BrN3O. The van der Waals surface area contributed by atoms with Crippen molar-refractivity contribution in [2.75, 3.05) is 7.11 Å². The Labute approximate surface area is 102 Å². The highest BCUT2D eigenvalue weighted by Crippen LogP contribution is 2.25. The van der Waals surface area contributed by atoms with Crippen molar-refractivity contribution in [1.29, 1.82) is 0 Å². The molecule has 0 radical (unpaired) electrons. The molecule has 1 aromatic heterocycles. The second-order valence-electron chi connectivity index (χ2n) is 3.29. The van der Waals surface area contributed by atoms with Gasteiger partial charge >= 0.3 is 0 Å². The molecule has 1 aromatic carbocycles. The minimum atomic E-state index is 0.431. The fraction of sp³-hybridized carbons (Fsp3) is 0.182. The Kier molecular flexibility index (Phi) is 3.26. The Hall–Kier alpha value is -1.33. The number of nitrogens with one attached hydrogen (secondary N) is 1. The molecule has 0 spiro atoms. The van der Waals surface area contributed by atoms with Gasteiger partial charge in [0, 0.05) is 12.1 Å². The molecule has 0 saturated heterocycles. The molecule has 84 valence electrons. The Bertz CT molecular complexity index is 478. The van der Waals surface area contributed by atoms with Gasteiger partial charge in [0.2, 0.25) is 0 Å². The first-order valence-corrected chi connectivity index (χ1v) is 5.62. The maximum absolute atomic E-state index is 5.64. The second-order valence-corrected chi connectivity index (χ2v) is 4.04. The van der Waals surface area contributed by atoms with Crippen LogP contribution in [0.3, 0.4) is 0 Å². The van der Waals surface area contributed by atoms with Gasteiger partial charge in [-0.2, -0.15) is 0 Å². The van der Waals surface area contributed by atoms with Crippen molar-refractivity contribution >= 4 is 15.9 Å². The van der Waals surface area contributed by atoms with Crippen molar-refractivity contribution in [3.05, 3.63) is 34.7 Å². The molecule has 4 nitrogen and oxygen atoms in total. The van der Waals surface area contributed by atoms with Crippen molar-refractivity contribution in [3.8, 4) is 17.0 Å². The summed E-state index contributed by atoms with van der Waals surface area (Å²) in [5.74, 6) is 0.827. The van der Waals surface area contributed by atoms with E-state index in [-0.39, 0.29) is 0 Å². The molecule has 3 N–H and O–H groups in total. The van der Waals surface area contributed by atoms with Gasteiger partial charge in [-0.3, -0.25) is 0 Å². The molecule has 0 aliphatic carbocycles. The SMILES string of the molecule is COc1ccc(-c2nc(Br)[nH]c2CN)cc1. The van der Waals surface area contributed by atoms with Crippen LogP contribution in [0.15, 0.2) is 29.0 Å². The largest absolute Gasteiger partial charge is 0.497 e. The van der Waals surface area contributed by atoms with Gasteiger partial charge in [-0.1, -0.05) is 0 Å². The van der Waals surface area contributed by atoms with Crippen LogP contribution in [0.25, 0.3) is 11.3 Å². The number of aromatic amines is 1. The maximum atomic E-state index is 5.64. The predicted octanol–water partition coefficient (Wildman–Crippen LogP) is 2.31. The molecule has 0 aliphatic heterocycles. The fourth-order valence-corrected chi connectivity index (χ4v) is 1.93. The van der Waals surface area contributed by atoms with Crippen LogP contribution >= 0.6 is 15.9 Å². The zero-order valence-corrected chi connectivity index (χ0v) is 10.4. The maximum Gasteiger partial charge on any atom is 0.175 e. The highest BCUT2D eigenvalue weighted by Gasteiger charge is 2.09. The third kappa shape index (κ3) is 2.10. The van der Waals surface area contributed by atoms with Crippen LogP contribution in [0.2, 0.25) is 0 Å². The predicted molar refractivity (Wildman–Crippen MR) is 66.2 cm³/mol. The van der Waals surface area contributed by atoms with E-state index in [1.54, 1.807) is 7.11 Å². The molecule has 0 aliphatic rings. The molecule has 2 rings (SSSR count). The summed E-state index contributed by atoms with van der Waals surface area (Å²) < 4.78 is 5.80. The summed E-state index contributed by atoms with van der Waals surface area (Å²) in [6.07, 6.45) is 0. The number of hydrogen-bond acceptors (Lipinski definition) is 3. The number of halogens is 1. The first kappa shape index (κ1) is 11.2. The van der Waals surface area contributed by atoms with Gasteiger partial charge in [0.15, 0.2) is 4.73 Å². The van der Waals surface area contributed by atoms with Gasteiger partial charge in [0.05, 0.1) is 18.5 Å². The topological polar surface area (TPSA) is 63.9 Å². The first-order valence-electron chi connectivity index (χ1n) is 4.83. The van der Waals surface area contributed by atoms with Crippen LogP contribution < -0.4 is 10.5 Å². The van der Waals surface area contributed by atoms with Crippen molar-refractivity contribution in [1.82, 2.24) is 9.97 Å². The summed E-state index contributed by atoms with van der Waals surface area (Å²) in [6.45, 7) is 0.431. The van der Waals surface area contributed by atoms with E-state index in [1.807, 2.05) is 24.3 Å². The zero-order valence-electron chi connectivity index (χ0n) is 8.83. The van der Waals surface area contributed by atoms with Crippen LogP contribution in [-0.4, -0.2) is 17.1 Å². The van der Waals surface area contributed by atoms with E-state index in [9.17, 15) is 0 Å². The summed E-state index contributed by atoms with van der Waals surface area (Å²) >= 11 is 3.30. The Morgan fingerprint density at radius 1 is 1.38 bits per heavy atom. The van der Waals surface area contributed by atoms with Crippen LogP contribution in [0.1, 0.15) is 5.69 Å². The van der Waals surface area contributed by atoms with Crippen molar-refractivity contribution < 1.29 is 4.74 Å². The lowest BCUT2D eigenvalue weighted by molar-refractivity contribution is 0.415. The molecule has 16 heavy (non-hydrogen) atoms. The molecule has 0 fully saturated rings. The molecule has 0 saturated carbocycles. The number of aromatic nitrogens is 2. The summed E-state index contributed by atoms with van der Waals surface area (Å²) in [5, 5.41) is 0. The number of methoxy groups -OCH3 is 1. The third-order valence-electron chi connectivity index (χ3n) is 2.32. The van der Waals surface area contributed by atoms with E-state index < -0.39 is 0 Å². The van der Waals surface area contributed by atoms with E-state index in [2.05, 4.69) is 25.9 Å². The molecule has 5 heteroatoms. The molecule has 0 bridgehead atoms. The van der Waals surface area contributed by atoms with Crippen molar-refractivity contribution in [3.63, 3.8) is 0 Å². The van der Waals surface area contributed by atoms with Crippen molar-refractivity contribution in [2.45, 2.75) is 6.54 Å². The van der Waals surface area contributed by atoms with E-state index >= 15 is 0 Å². The van der Waals surface area contributed by atoms with E-state index in [0.717, 1.165) is 22.7 Å². The minimum Gasteiger partial charge on any atom is -0.497 e. The Morgan fingerprint density at radius 3 is 2.62 bits per heavy atom. The summed E-state index contributed by atoms with van der Waals surface area (Å²) in [6, 6.07) is 7.72. The Morgan fingerprint density at radius 2 is 2.06 bits per heavy atom. The molecule has 1 heterocycles. The first-order chi connectivity index (χ1) is 7.74. The third-order valence-corrected chi connectivity index (χ3v) is 2.69. The summed E-state index contributed by atoms with van der Waals surface area (Å²) in [5.41, 5.74) is 8.44. The number of H-pyrrole nitrogens is 1.